The zero-order valence-electron chi connectivity index (χ0n) is 11.6. The molecule has 4 nitrogen and oxygen atoms in total. The maximum absolute atomic E-state index is 12.3. The number of hydrogen-bond donors (Lipinski definition) is 2. The molecule has 1 aromatic heterocycles. The van der Waals surface area contributed by atoms with Crippen LogP contribution in [0.3, 0.4) is 0 Å². The van der Waals surface area contributed by atoms with Crippen molar-refractivity contribution in [2.45, 2.75) is 32.2 Å². The van der Waals surface area contributed by atoms with Crippen LogP contribution >= 0.6 is 0 Å². The second kappa shape index (κ2) is 4.33. The van der Waals surface area contributed by atoms with Crippen LogP contribution in [0, 0.1) is 17.8 Å². The second-order valence-corrected chi connectivity index (χ2v) is 6.29. The van der Waals surface area contributed by atoms with Crippen molar-refractivity contribution in [1.29, 1.82) is 0 Å². The summed E-state index contributed by atoms with van der Waals surface area (Å²) in [4.78, 5) is 20.1. The zero-order valence-corrected chi connectivity index (χ0v) is 11.6. The molecule has 2 N–H and O–H groups in total. The predicted molar refractivity (Wildman–Crippen MR) is 77.0 cm³/mol. The van der Waals surface area contributed by atoms with E-state index >= 15 is 0 Å². The van der Waals surface area contributed by atoms with Crippen LogP contribution in [0.15, 0.2) is 24.3 Å². The highest BCUT2D eigenvalue weighted by molar-refractivity contribution is 5.80. The smallest absolute Gasteiger partial charge is 0.223 e. The van der Waals surface area contributed by atoms with E-state index in [0.717, 1.165) is 41.5 Å². The molecule has 2 aromatic rings. The number of hydrogen-bond acceptors (Lipinski definition) is 2. The number of nitrogens with one attached hydrogen (secondary N) is 2. The minimum atomic E-state index is -0.0631. The monoisotopic (exact) mass is 269 g/mol. The summed E-state index contributed by atoms with van der Waals surface area (Å²) in [7, 11) is 0. The molecule has 3 unspecified atom stereocenters. The Hall–Kier alpha value is -1.84. The van der Waals surface area contributed by atoms with Gasteiger partial charge in [-0.25, -0.2) is 4.98 Å². The van der Waals surface area contributed by atoms with Crippen LogP contribution in [-0.4, -0.2) is 15.9 Å². The summed E-state index contributed by atoms with van der Waals surface area (Å²) in [5, 5.41) is 3.11. The number of rotatable bonds is 3. The van der Waals surface area contributed by atoms with Crippen LogP contribution in [0.4, 0.5) is 0 Å². The van der Waals surface area contributed by atoms with Gasteiger partial charge in [0.1, 0.15) is 5.82 Å². The van der Waals surface area contributed by atoms with Crippen LogP contribution in [-0.2, 0) is 4.79 Å². The van der Waals surface area contributed by atoms with E-state index < -0.39 is 0 Å². The Labute approximate surface area is 118 Å². The maximum atomic E-state index is 12.3. The lowest BCUT2D eigenvalue weighted by molar-refractivity contribution is -0.125. The van der Waals surface area contributed by atoms with Crippen molar-refractivity contribution in [1.82, 2.24) is 15.3 Å². The van der Waals surface area contributed by atoms with Gasteiger partial charge in [0.15, 0.2) is 0 Å². The van der Waals surface area contributed by atoms with Crippen LogP contribution in [0.1, 0.15) is 38.1 Å². The lowest BCUT2D eigenvalue weighted by atomic mass is 10.0. The van der Waals surface area contributed by atoms with Crippen molar-refractivity contribution < 1.29 is 4.79 Å². The molecule has 20 heavy (non-hydrogen) atoms. The van der Waals surface area contributed by atoms with Gasteiger partial charge in [0.25, 0.3) is 0 Å². The molecule has 0 radical (unpaired) electrons. The topological polar surface area (TPSA) is 57.8 Å². The first-order chi connectivity index (χ1) is 9.70. The van der Waals surface area contributed by atoms with Crippen molar-refractivity contribution in [3.05, 3.63) is 30.1 Å². The number of carbonyl (C=O) groups is 1. The molecule has 1 amide bonds. The molecule has 0 bridgehead atoms. The molecule has 0 saturated heterocycles. The summed E-state index contributed by atoms with van der Waals surface area (Å²) in [5.74, 6) is 2.94. The number of aromatic amines is 1. The molecule has 2 saturated carbocycles. The Morgan fingerprint density at radius 1 is 1.30 bits per heavy atom. The lowest BCUT2D eigenvalue weighted by Crippen LogP contribution is -2.32. The molecule has 3 atom stereocenters. The van der Waals surface area contributed by atoms with E-state index in [2.05, 4.69) is 15.3 Å². The summed E-state index contributed by atoms with van der Waals surface area (Å²) >= 11 is 0. The maximum Gasteiger partial charge on any atom is 0.223 e. The highest BCUT2D eigenvalue weighted by atomic mass is 16.2. The standard InChI is InChI=1S/C16H19N3O/c1-9(15-18-13-4-2-3-5-14(13)19-15)17-16(20)12-7-10-6-11(10)8-12/h2-5,9-12H,6-8H2,1H3,(H,17,20)(H,18,19). The largest absolute Gasteiger partial charge is 0.346 e. The number of H-pyrrole nitrogens is 1. The van der Waals surface area contributed by atoms with E-state index in [1.54, 1.807) is 0 Å². The fourth-order valence-electron chi connectivity index (χ4n) is 3.51. The molecule has 104 valence electrons. The molecule has 0 spiro atoms. The number of amides is 1. The molecule has 1 heterocycles. The van der Waals surface area contributed by atoms with Gasteiger partial charge < -0.3 is 10.3 Å². The minimum absolute atomic E-state index is 0.0631. The van der Waals surface area contributed by atoms with Crippen LogP contribution in [0.5, 0.6) is 0 Å². The third-order valence-corrected chi connectivity index (χ3v) is 4.79. The van der Waals surface area contributed by atoms with E-state index in [1.807, 2.05) is 31.2 Å². The van der Waals surface area contributed by atoms with E-state index in [9.17, 15) is 4.79 Å². The van der Waals surface area contributed by atoms with Crippen molar-refractivity contribution >= 4 is 16.9 Å². The molecule has 4 rings (SSSR count). The average molecular weight is 269 g/mol. The molecule has 4 heteroatoms. The average Bonchev–Trinajstić information content (AvgIpc) is 2.91. The normalized spacial score (nSPS) is 29.1. The van der Waals surface area contributed by atoms with Crippen molar-refractivity contribution in [3.8, 4) is 0 Å². The Kier molecular flexibility index (Phi) is 2.59. The van der Waals surface area contributed by atoms with Gasteiger partial charge in [0.05, 0.1) is 17.1 Å². The van der Waals surface area contributed by atoms with Crippen molar-refractivity contribution in [3.63, 3.8) is 0 Å². The molecule has 2 fully saturated rings. The summed E-state index contributed by atoms with van der Waals surface area (Å²) in [6.45, 7) is 1.99. The fourth-order valence-corrected chi connectivity index (χ4v) is 3.51. The number of fused-ring (bicyclic) bond motifs is 2. The van der Waals surface area contributed by atoms with Gasteiger partial charge in [0.2, 0.25) is 5.91 Å². The Morgan fingerprint density at radius 2 is 2.05 bits per heavy atom. The first-order valence-corrected chi connectivity index (χ1v) is 7.45. The van der Waals surface area contributed by atoms with Gasteiger partial charge in [-0.3, -0.25) is 4.79 Å². The predicted octanol–water partition coefficient (Wildman–Crippen LogP) is 2.79. The number of benzene rings is 1. The van der Waals surface area contributed by atoms with Gasteiger partial charge in [-0.15, -0.1) is 0 Å². The zero-order chi connectivity index (χ0) is 13.7. The summed E-state index contributed by atoms with van der Waals surface area (Å²) in [6.07, 6.45) is 3.52. The first kappa shape index (κ1) is 11.9. The highest BCUT2D eigenvalue weighted by Crippen LogP contribution is 2.54. The quantitative estimate of drug-likeness (QED) is 0.900. The van der Waals surface area contributed by atoms with Crippen LogP contribution in [0.25, 0.3) is 11.0 Å². The van der Waals surface area contributed by atoms with Gasteiger partial charge in [-0.2, -0.15) is 0 Å². The number of nitrogens with zero attached hydrogens (tertiary/aromatic N) is 1. The van der Waals surface area contributed by atoms with E-state index in [0.29, 0.717) is 0 Å². The van der Waals surface area contributed by atoms with Crippen molar-refractivity contribution in [2.24, 2.45) is 17.8 Å². The molecular formula is C16H19N3O. The van der Waals surface area contributed by atoms with E-state index in [-0.39, 0.29) is 17.9 Å². The third-order valence-electron chi connectivity index (χ3n) is 4.79. The van der Waals surface area contributed by atoms with E-state index in [4.69, 9.17) is 0 Å². The Balaban J connectivity index is 1.46. The lowest BCUT2D eigenvalue weighted by Gasteiger charge is -2.16. The molecule has 2 aliphatic carbocycles. The Bertz CT molecular complexity index is 620. The Morgan fingerprint density at radius 3 is 2.80 bits per heavy atom. The van der Waals surface area contributed by atoms with Gasteiger partial charge >= 0.3 is 0 Å². The van der Waals surface area contributed by atoms with Gasteiger partial charge in [-0.1, -0.05) is 12.1 Å². The van der Waals surface area contributed by atoms with E-state index in [1.165, 1.54) is 6.42 Å². The number of carbonyl (C=O) groups excluding carboxylic acids is 1. The van der Waals surface area contributed by atoms with Gasteiger partial charge in [0, 0.05) is 5.92 Å². The third kappa shape index (κ3) is 1.99. The molecular weight excluding hydrogens is 250 g/mol. The summed E-state index contributed by atoms with van der Waals surface area (Å²) < 4.78 is 0. The summed E-state index contributed by atoms with van der Waals surface area (Å²) in [6, 6.07) is 7.88. The van der Waals surface area contributed by atoms with Gasteiger partial charge in [-0.05, 0) is 50.2 Å². The first-order valence-electron chi connectivity index (χ1n) is 7.45. The minimum Gasteiger partial charge on any atom is -0.346 e. The number of aromatic nitrogens is 2. The number of para-hydroxylation sites is 2. The number of imidazole rings is 1. The van der Waals surface area contributed by atoms with Crippen LogP contribution < -0.4 is 5.32 Å². The summed E-state index contributed by atoms with van der Waals surface area (Å²) in [5.41, 5.74) is 1.97. The second-order valence-electron chi connectivity index (χ2n) is 6.29. The highest BCUT2D eigenvalue weighted by Gasteiger charge is 2.48. The fraction of sp³-hybridized carbons (Fsp3) is 0.500. The van der Waals surface area contributed by atoms with Crippen LogP contribution in [0.2, 0.25) is 0 Å². The molecule has 1 aromatic carbocycles. The van der Waals surface area contributed by atoms with Crippen molar-refractivity contribution in [2.75, 3.05) is 0 Å². The molecule has 2 aliphatic rings. The SMILES string of the molecule is CC(NC(=O)C1CC2CC2C1)c1nc2ccccc2[nH]1. The molecule has 0 aliphatic heterocycles.